The molecule has 0 spiro atoms. The second-order valence-corrected chi connectivity index (χ2v) is 7.77. The van der Waals surface area contributed by atoms with Gasteiger partial charge in [-0.2, -0.15) is 5.26 Å². The van der Waals surface area contributed by atoms with E-state index >= 15 is 0 Å². The number of nitrogens with zero attached hydrogens (tertiary/aromatic N) is 2. The van der Waals surface area contributed by atoms with Gasteiger partial charge in [0.15, 0.2) is 11.3 Å². The minimum Gasteiger partial charge on any atom is -0.321 e. The standard InChI is InChI=1S/C17H24N4OS/c18-11-20-14-8-4-7-13(9-14)16(22)21-17-19-10-15(23-17)12-5-2-1-3-6-12/h10,12-14,20H,1-9H2,(H,19,21,22)/t13-,14?/m0/s1. The van der Waals surface area contributed by atoms with Crippen LogP contribution in [-0.4, -0.2) is 16.9 Å². The Morgan fingerprint density at radius 3 is 2.83 bits per heavy atom. The second kappa shape index (κ2) is 7.78. The van der Waals surface area contributed by atoms with Crippen molar-refractivity contribution in [3.05, 3.63) is 11.1 Å². The molecule has 2 atom stereocenters. The van der Waals surface area contributed by atoms with Crippen molar-refractivity contribution in [1.29, 1.82) is 5.26 Å². The molecule has 1 aromatic heterocycles. The summed E-state index contributed by atoms with van der Waals surface area (Å²) < 4.78 is 0. The highest BCUT2D eigenvalue weighted by atomic mass is 32.1. The molecule has 1 amide bonds. The van der Waals surface area contributed by atoms with Crippen LogP contribution >= 0.6 is 11.3 Å². The van der Waals surface area contributed by atoms with Crippen LogP contribution in [0.25, 0.3) is 0 Å². The monoisotopic (exact) mass is 332 g/mol. The Hall–Kier alpha value is -1.61. The molecule has 124 valence electrons. The highest BCUT2D eigenvalue weighted by Gasteiger charge is 2.28. The van der Waals surface area contributed by atoms with Gasteiger partial charge in [-0.15, -0.1) is 11.3 Å². The van der Waals surface area contributed by atoms with Crippen LogP contribution in [0.2, 0.25) is 0 Å². The molecule has 3 rings (SSSR count). The number of aromatic nitrogens is 1. The van der Waals surface area contributed by atoms with Crippen molar-refractivity contribution in [1.82, 2.24) is 10.3 Å². The third-order valence-corrected chi connectivity index (χ3v) is 6.15. The molecule has 0 saturated heterocycles. The van der Waals surface area contributed by atoms with Crippen LogP contribution in [0.15, 0.2) is 6.20 Å². The third kappa shape index (κ3) is 4.23. The molecule has 2 N–H and O–H groups in total. The number of carbonyl (C=O) groups is 1. The Labute approximate surface area is 141 Å². The Morgan fingerprint density at radius 2 is 2.04 bits per heavy atom. The van der Waals surface area contributed by atoms with Gasteiger partial charge in [0.25, 0.3) is 0 Å². The number of thiazole rings is 1. The molecule has 1 heterocycles. The Balaban J connectivity index is 1.55. The number of rotatable bonds is 4. The normalized spacial score (nSPS) is 25.5. The number of anilines is 1. The summed E-state index contributed by atoms with van der Waals surface area (Å²) in [6, 6.07) is 0.138. The van der Waals surface area contributed by atoms with Gasteiger partial charge >= 0.3 is 0 Å². The van der Waals surface area contributed by atoms with Crippen molar-refractivity contribution < 1.29 is 4.79 Å². The smallest absolute Gasteiger partial charge is 0.229 e. The van der Waals surface area contributed by atoms with Gasteiger partial charge in [0.2, 0.25) is 5.91 Å². The summed E-state index contributed by atoms with van der Waals surface area (Å²) in [5, 5.41) is 15.2. The number of carbonyl (C=O) groups excluding carboxylic acids is 1. The van der Waals surface area contributed by atoms with Crippen molar-refractivity contribution in [2.45, 2.75) is 69.7 Å². The molecule has 23 heavy (non-hydrogen) atoms. The molecule has 0 aliphatic heterocycles. The van der Waals surface area contributed by atoms with Crippen LogP contribution in [0.1, 0.15) is 68.6 Å². The zero-order valence-corrected chi connectivity index (χ0v) is 14.2. The molecule has 0 bridgehead atoms. The van der Waals surface area contributed by atoms with Crippen LogP contribution in [0.4, 0.5) is 5.13 Å². The summed E-state index contributed by atoms with van der Waals surface area (Å²) in [5.41, 5.74) is 0. The lowest BCUT2D eigenvalue weighted by atomic mass is 9.85. The minimum absolute atomic E-state index is 0.0170. The van der Waals surface area contributed by atoms with Crippen LogP contribution in [-0.2, 0) is 4.79 Å². The molecule has 5 nitrogen and oxygen atoms in total. The maximum atomic E-state index is 12.4. The van der Waals surface area contributed by atoms with Crippen molar-refractivity contribution in [3.8, 4) is 6.19 Å². The molecule has 2 aliphatic rings. The number of hydrogen-bond acceptors (Lipinski definition) is 5. The van der Waals surface area contributed by atoms with E-state index < -0.39 is 0 Å². The molecule has 6 heteroatoms. The van der Waals surface area contributed by atoms with Gasteiger partial charge in [0.1, 0.15) is 0 Å². The first-order valence-electron chi connectivity index (χ1n) is 8.67. The quantitative estimate of drug-likeness (QED) is 0.650. The van der Waals surface area contributed by atoms with E-state index in [1.807, 2.05) is 12.4 Å². The van der Waals surface area contributed by atoms with Crippen LogP contribution in [0, 0.1) is 17.4 Å². The summed E-state index contributed by atoms with van der Waals surface area (Å²) >= 11 is 1.63. The highest BCUT2D eigenvalue weighted by molar-refractivity contribution is 7.15. The van der Waals surface area contributed by atoms with Crippen LogP contribution in [0.3, 0.4) is 0 Å². The molecule has 0 radical (unpaired) electrons. The maximum absolute atomic E-state index is 12.4. The van der Waals surface area contributed by atoms with E-state index in [1.54, 1.807) is 11.3 Å². The molecular formula is C17H24N4OS. The van der Waals surface area contributed by atoms with E-state index in [4.69, 9.17) is 5.26 Å². The van der Waals surface area contributed by atoms with Crippen molar-refractivity contribution in [2.24, 2.45) is 5.92 Å². The third-order valence-electron chi connectivity index (χ3n) is 5.07. The first-order valence-corrected chi connectivity index (χ1v) is 9.49. The molecular weight excluding hydrogens is 308 g/mol. The molecule has 2 saturated carbocycles. The fourth-order valence-corrected chi connectivity index (χ4v) is 4.77. The zero-order valence-electron chi connectivity index (χ0n) is 13.4. The fourth-order valence-electron chi connectivity index (χ4n) is 3.78. The lowest BCUT2D eigenvalue weighted by molar-refractivity contribution is -0.121. The van der Waals surface area contributed by atoms with Crippen molar-refractivity contribution in [3.63, 3.8) is 0 Å². The van der Waals surface area contributed by atoms with Gasteiger partial charge in [0.05, 0.1) is 0 Å². The number of amides is 1. The number of hydrogen-bond donors (Lipinski definition) is 2. The van der Waals surface area contributed by atoms with E-state index in [0.29, 0.717) is 5.92 Å². The van der Waals surface area contributed by atoms with Gasteiger partial charge in [-0.25, -0.2) is 4.98 Å². The summed E-state index contributed by atoms with van der Waals surface area (Å²) in [5.74, 6) is 0.668. The molecule has 0 aromatic carbocycles. The SMILES string of the molecule is N#CNC1CCC[C@H](C(=O)Nc2ncc(C3CCCCC3)s2)C1. The van der Waals surface area contributed by atoms with E-state index in [0.717, 1.165) is 30.8 Å². The van der Waals surface area contributed by atoms with Crippen molar-refractivity contribution in [2.75, 3.05) is 5.32 Å². The van der Waals surface area contributed by atoms with Crippen molar-refractivity contribution >= 4 is 22.4 Å². The Kier molecular flexibility index (Phi) is 5.50. The van der Waals surface area contributed by atoms with Crippen LogP contribution < -0.4 is 10.6 Å². The summed E-state index contributed by atoms with van der Waals surface area (Å²) in [6.45, 7) is 0. The molecule has 2 aliphatic carbocycles. The minimum atomic E-state index is -0.0170. The summed E-state index contributed by atoms with van der Waals surface area (Å²) in [6.07, 6.45) is 14.0. The Morgan fingerprint density at radius 1 is 1.22 bits per heavy atom. The van der Waals surface area contributed by atoms with Gasteiger partial charge in [-0.1, -0.05) is 25.7 Å². The second-order valence-electron chi connectivity index (χ2n) is 6.71. The lowest BCUT2D eigenvalue weighted by Crippen LogP contribution is -2.36. The fraction of sp³-hybridized carbons (Fsp3) is 0.706. The van der Waals surface area contributed by atoms with Gasteiger partial charge < -0.3 is 10.6 Å². The maximum Gasteiger partial charge on any atom is 0.229 e. The predicted octanol–water partition coefficient (Wildman–Crippen LogP) is 3.76. The topological polar surface area (TPSA) is 77.8 Å². The summed E-state index contributed by atoms with van der Waals surface area (Å²) in [7, 11) is 0. The first kappa shape index (κ1) is 16.3. The first-order chi connectivity index (χ1) is 11.3. The van der Waals surface area contributed by atoms with E-state index in [1.165, 1.54) is 37.0 Å². The number of nitriles is 1. The number of nitrogens with one attached hydrogen (secondary N) is 2. The Bertz CT molecular complexity index is 573. The average molecular weight is 332 g/mol. The predicted molar refractivity (Wildman–Crippen MR) is 91.1 cm³/mol. The average Bonchev–Trinajstić information content (AvgIpc) is 3.05. The largest absolute Gasteiger partial charge is 0.321 e. The van der Waals surface area contributed by atoms with E-state index in [2.05, 4.69) is 15.6 Å². The lowest BCUT2D eigenvalue weighted by Gasteiger charge is -2.27. The van der Waals surface area contributed by atoms with Gasteiger partial charge in [0, 0.05) is 23.0 Å². The zero-order chi connectivity index (χ0) is 16.1. The molecule has 2 fully saturated rings. The van der Waals surface area contributed by atoms with Crippen LogP contribution in [0.5, 0.6) is 0 Å². The van der Waals surface area contributed by atoms with E-state index in [9.17, 15) is 4.79 Å². The van der Waals surface area contributed by atoms with Gasteiger partial charge in [-0.3, -0.25) is 4.79 Å². The molecule has 1 unspecified atom stereocenters. The van der Waals surface area contributed by atoms with Gasteiger partial charge in [-0.05, 0) is 38.0 Å². The highest BCUT2D eigenvalue weighted by Crippen LogP contribution is 2.37. The molecule has 1 aromatic rings. The van der Waals surface area contributed by atoms with E-state index in [-0.39, 0.29) is 17.9 Å². The summed E-state index contributed by atoms with van der Waals surface area (Å²) in [4.78, 5) is 18.2.